The number of carbonyl (C=O) groups is 2. The molecule has 0 aliphatic carbocycles. The van der Waals surface area contributed by atoms with E-state index in [1.54, 1.807) is 34.6 Å². The van der Waals surface area contributed by atoms with E-state index in [4.69, 9.17) is 4.74 Å². The lowest BCUT2D eigenvalue weighted by Crippen LogP contribution is -2.52. The number of likely N-dealkylation sites (N-methyl/N-ethyl adjacent to an activating group) is 1. The topological polar surface area (TPSA) is 92.6 Å². The molecule has 9 nitrogen and oxygen atoms in total. The molecule has 0 aliphatic rings. The average molecular weight is 340 g/mol. The molecule has 0 saturated carbocycles. The summed E-state index contributed by atoms with van der Waals surface area (Å²) in [4.78, 5) is 27.5. The summed E-state index contributed by atoms with van der Waals surface area (Å²) in [5.74, 6) is 0.516. The second-order valence-electron chi connectivity index (χ2n) is 6.19. The number of amides is 3. The SMILES string of the molecule is COCCn1cnnc1CN(C)C(=O)NC(C(=O)N(C)C)C(C)C. The number of rotatable bonds is 8. The molecule has 0 radical (unpaired) electrons. The van der Waals surface area contributed by atoms with Gasteiger partial charge in [-0.1, -0.05) is 13.8 Å². The van der Waals surface area contributed by atoms with Crippen LogP contribution in [0.1, 0.15) is 19.7 Å². The number of hydrogen-bond acceptors (Lipinski definition) is 5. The zero-order chi connectivity index (χ0) is 18.3. The fourth-order valence-electron chi connectivity index (χ4n) is 2.10. The van der Waals surface area contributed by atoms with Crippen LogP contribution in [0, 0.1) is 5.92 Å². The molecule has 0 fully saturated rings. The van der Waals surface area contributed by atoms with Crippen LogP contribution >= 0.6 is 0 Å². The number of carbonyl (C=O) groups excluding carboxylic acids is 2. The first-order valence-electron chi connectivity index (χ1n) is 7.86. The van der Waals surface area contributed by atoms with Crippen LogP contribution in [0.25, 0.3) is 0 Å². The predicted molar refractivity (Wildman–Crippen MR) is 89.2 cm³/mol. The van der Waals surface area contributed by atoms with Crippen molar-refractivity contribution in [1.82, 2.24) is 29.9 Å². The van der Waals surface area contributed by atoms with Gasteiger partial charge in [-0.15, -0.1) is 10.2 Å². The maximum atomic E-state index is 12.4. The predicted octanol–water partition coefficient (Wildman–Crippen LogP) is 0.179. The van der Waals surface area contributed by atoms with Gasteiger partial charge in [0.25, 0.3) is 0 Å². The molecule has 1 heterocycles. The maximum absolute atomic E-state index is 12.4. The fraction of sp³-hybridized carbons (Fsp3) is 0.733. The zero-order valence-electron chi connectivity index (χ0n) is 15.3. The molecule has 0 bridgehead atoms. The molecule has 0 aliphatic heterocycles. The average Bonchev–Trinajstić information content (AvgIpc) is 2.96. The van der Waals surface area contributed by atoms with Gasteiger partial charge in [-0.3, -0.25) is 4.79 Å². The summed E-state index contributed by atoms with van der Waals surface area (Å²) < 4.78 is 6.87. The number of ether oxygens (including phenoxy) is 1. The third-order valence-electron chi connectivity index (χ3n) is 3.61. The molecular weight excluding hydrogens is 312 g/mol. The molecule has 0 saturated heterocycles. The summed E-state index contributed by atoms with van der Waals surface area (Å²) in [5.41, 5.74) is 0. The number of aromatic nitrogens is 3. The number of hydrogen-bond donors (Lipinski definition) is 1. The minimum absolute atomic E-state index is 0.0115. The first-order chi connectivity index (χ1) is 11.3. The quantitative estimate of drug-likeness (QED) is 0.729. The van der Waals surface area contributed by atoms with Crippen LogP contribution in [0.3, 0.4) is 0 Å². The van der Waals surface area contributed by atoms with Crippen molar-refractivity contribution in [3.05, 3.63) is 12.2 Å². The Labute approximate surface area is 143 Å². The molecule has 1 rings (SSSR count). The summed E-state index contributed by atoms with van der Waals surface area (Å²) >= 11 is 0. The third kappa shape index (κ3) is 5.48. The van der Waals surface area contributed by atoms with Gasteiger partial charge < -0.3 is 24.4 Å². The molecule has 1 unspecified atom stereocenters. The molecule has 136 valence electrons. The van der Waals surface area contributed by atoms with E-state index in [1.165, 1.54) is 9.80 Å². The highest BCUT2D eigenvalue weighted by molar-refractivity contribution is 5.86. The second-order valence-corrected chi connectivity index (χ2v) is 6.19. The van der Waals surface area contributed by atoms with Gasteiger partial charge in [-0.25, -0.2) is 4.79 Å². The Morgan fingerprint density at radius 2 is 2.00 bits per heavy atom. The molecule has 1 atom stereocenters. The van der Waals surface area contributed by atoms with Gasteiger partial charge in [0.2, 0.25) is 5.91 Å². The monoisotopic (exact) mass is 340 g/mol. The Hall–Kier alpha value is -2.16. The van der Waals surface area contributed by atoms with Crippen molar-refractivity contribution < 1.29 is 14.3 Å². The lowest BCUT2D eigenvalue weighted by molar-refractivity contribution is -0.131. The zero-order valence-corrected chi connectivity index (χ0v) is 15.3. The minimum Gasteiger partial charge on any atom is -0.383 e. The maximum Gasteiger partial charge on any atom is 0.318 e. The normalized spacial score (nSPS) is 12.1. The Bertz CT molecular complexity index is 543. The van der Waals surface area contributed by atoms with Crippen molar-refractivity contribution >= 4 is 11.9 Å². The summed E-state index contributed by atoms with van der Waals surface area (Å²) in [6, 6.07) is -0.897. The molecule has 3 amide bonds. The Morgan fingerprint density at radius 1 is 1.33 bits per heavy atom. The van der Waals surface area contributed by atoms with Crippen molar-refractivity contribution in [3.63, 3.8) is 0 Å². The lowest BCUT2D eigenvalue weighted by atomic mass is 10.0. The first-order valence-corrected chi connectivity index (χ1v) is 7.86. The lowest BCUT2D eigenvalue weighted by Gasteiger charge is -2.27. The Balaban J connectivity index is 2.70. The van der Waals surface area contributed by atoms with Crippen molar-refractivity contribution in [2.24, 2.45) is 5.92 Å². The van der Waals surface area contributed by atoms with Gasteiger partial charge in [-0.05, 0) is 5.92 Å². The van der Waals surface area contributed by atoms with Crippen LogP contribution in [0.5, 0.6) is 0 Å². The highest BCUT2D eigenvalue weighted by Gasteiger charge is 2.27. The number of methoxy groups -OCH3 is 1. The van der Waals surface area contributed by atoms with Gasteiger partial charge in [-0.2, -0.15) is 0 Å². The van der Waals surface area contributed by atoms with Crippen molar-refractivity contribution in [2.45, 2.75) is 33.0 Å². The highest BCUT2D eigenvalue weighted by atomic mass is 16.5. The van der Waals surface area contributed by atoms with E-state index in [9.17, 15) is 9.59 Å². The first kappa shape index (κ1) is 19.9. The molecule has 9 heteroatoms. The van der Waals surface area contributed by atoms with Gasteiger partial charge in [0.15, 0.2) is 5.82 Å². The van der Waals surface area contributed by atoms with Crippen LogP contribution in [0.4, 0.5) is 4.79 Å². The van der Waals surface area contributed by atoms with Gasteiger partial charge in [0.1, 0.15) is 12.4 Å². The largest absolute Gasteiger partial charge is 0.383 e. The van der Waals surface area contributed by atoms with E-state index in [2.05, 4.69) is 15.5 Å². The van der Waals surface area contributed by atoms with E-state index in [0.29, 0.717) is 19.0 Å². The summed E-state index contributed by atoms with van der Waals surface area (Å²) in [6.45, 7) is 5.23. The standard InChI is InChI=1S/C15H28N6O3/c1-11(2)13(14(22)19(3)4)17-15(23)20(5)9-12-18-16-10-21(12)7-8-24-6/h10-11,13H,7-9H2,1-6H3,(H,17,23). The van der Waals surface area contributed by atoms with E-state index >= 15 is 0 Å². The molecule has 1 aromatic heterocycles. The van der Waals surface area contributed by atoms with Crippen LogP contribution in [-0.4, -0.2) is 77.4 Å². The van der Waals surface area contributed by atoms with Crippen LogP contribution in [-0.2, 0) is 22.6 Å². The molecule has 1 aromatic rings. The summed E-state index contributed by atoms with van der Waals surface area (Å²) in [7, 11) is 6.62. The van der Waals surface area contributed by atoms with E-state index in [0.717, 1.165) is 0 Å². The summed E-state index contributed by atoms with van der Waals surface area (Å²) in [6.07, 6.45) is 1.60. The molecule has 1 N–H and O–H groups in total. The van der Waals surface area contributed by atoms with E-state index < -0.39 is 6.04 Å². The minimum atomic E-state index is -0.568. The van der Waals surface area contributed by atoms with Gasteiger partial charge in [0, 0.05) is 34.8 Å². The van der Waals surface area contributed by atoms with E-state index in [-0.39, 0.29) is 24.4 Å². The molecule has 24 heavy (non-hydrogen) atoms. The van der Waals surface area contributed by atoms with Crippen LogP contribution in [0.2, 0.25) is 0 Å². The smallest absolute Gasteiger partial charge is 0.318 e. The van der Waals surface area contributed by atoms with Gasteiger partial charge in [0.05, 0.1) is 13.2 Å². The molecule has 0 aromatic carbocycles. The summed E-state index contributed by atoms with van der Waals surface area (Å²) in [5, 5.41) is 10.7. The highest BCUT2D eigenvalue weighted by Crippen LogP contribution is 2.07. The third-order valence-corrected chi connectivity index (χ3v) is 3.61. The molecular formula is C15H28N6O3. The Morgan fingerprint density at radius 3 is 2.54 bits per heavy atom. The Kier molecular flexibility index (Phi) is 7.63. The van der Waals surface area contributed by atoms with Crippen molar-refractivity contribution in [2.75, 3.05) is 34.9 Å². The van der Waals surface area contributed by atoms with Crippen LogP contribution in [0.15, 0.2) is 6.33 Å². The fourth-order valence-corrected chi connectivity index (χ4v) is 2.10. The number of nitrogens with zero attached hydrogens (tertiary/aromatic N) is 5. The number of urea groups is 1. The van der Waals surface area contributed by atoms with Crippen LogP contribution < -0.4 is 5.32 Å². The molecule has 0 spiro atoms. The van der Waals surface area contributed by atoms with E-state index in [1.807, 2.05) is 18.4 Å². The second kappa shape index (κ2) is 9.21. The van der Waals surface area contributed by atoms with Crippen molar-refractivity contribution in [1.29, 1.82) is 0 Å². The van der Waals surface area contributed by atoms with Crippen molar-refractivity contribution in [3.8, 4) is 0 Å². The number of nitrogens with one attached hydrogen (secondary N) is 1. The van der Waals surface area contributed by atoms with Gasteiger partial charge >= 0.3 is 6.03 Å².